The van der Waals surface area contributed by atoms with E-state index in [1.165, 1.54) is 22.7 Å². The number of likely N-dealkylation sites (N-methyl/N-ethyl adjacent to an activating group) is 1. The molecule has 0 N–H and O–H groups in total. The second-order valence-electron chi connectivity index (χ2n) is 6.65. The first-order chi connectivity index (χ1) is 14.7. The lowest BCUT2D eigenvalue weighted by Crippen LogP contribution is -2.21. The summed E-state index contributed by atoms with van der Waals surface area (Å²) in [5, 5.41) is 1.05. The molecule has 10 heteroatoms. The van der Waals surface area contributed by atoms with E-state index in [9.17, 15) is 17.8 Å². The highest BCUT2D eigenvalue weighted by atomic mass is 32.2. The van der Waals surface area contributed by atoms with Crippen molar-refractivity contribution >= 4 is 61.4 Å². The summed E-state index contributed by atoms with van der Waals surface area (Å²) >= 11 is 4.92. The van der Waals surface area contributed by atoms with Crippen LogP contribution in [0.4, 0.5) is 5.69 Å². The van der Waals surface area contributed by atoms with Gasteiger partial charge in [-0.3, -0.25) is 0 Å². The molecule has 0 saturated heterocycles. The van der Waals surface area contributed by atoms with E-state index in [0.717, 1.165) is 26.4 Å². The molecule has 0 fully saturated rings. The van der Waals surface area contributed by atoms with Gasteiger partial charge in [0.2, 0.25) is 0 Å². The molecule has 0 spiro atoms. The summed E-state index contributed by atoms with van der Waals surface area (Å²) in [6.45, 7) is 4.56. The normalized spacial score (nSPS) is 18.2. The van der Waals surface area contributed by atoms with Gasteiger partial charge in [0, 0.05) is 23.7 Å². The number of hydrogen-bond donors (Lipinski definition) is 0. The Morgan fingerprint density at radius 2 is 1.74 bits per heavy atom. The summed E-state index contributed by atoms with van der Waals surface area (Å²) < 4.78 is 34.1. The third kappa shape index (κ3) is 5.20. The average molecular weight is 495 g/mol. The maximum atomic E-state index is 12.6. The highest BCUT2D eigenvalue weighted by Crippen LogP contribution is 2.49. The number of para-hydroxylation sites is 1. The van der Waals surface area contributed by atoms with Crippen molar-refractivity contribution in [3.63, 3.8) is 0 Å². The van der Waals surface area contributed by atoms with Gasteiger partial charge in [0.25, 0.3) is 4.38 Å². The van der Waals surface area contributed by atoms with Gasteiger partial charge < -0.3 is 9.45 Å². The van der Waals surface area contributed by atoms with E-state index >= 15 is 0 Å². The third-order valence-electron chi connectivity index (χ3n) is 4.58. The molecule has 31 heavy (non-hydrogen) atoms. The molecule has 2 aromatic carbocycles. The molecule has 1 amide bonds. The number of rotatable bonds is 2. The van der Waals surface area contributed by atoms with Crippen LogP contribution in [0.2, 0.25) is 0 Å². The predicted octanol–water partition coefficient (Wildman–Crippen LogP) is 4.32. The fourth-order valence-corrected chi connectivity index (χ4v) is 6.69. The van der Waals surface area contributed by atoms with Crippen molar-refractivity contribution in [3.8, 4) is 0 Å². The number of carbonyl (C=O) groups is 1. The van der Waals surface area contributed by atoms with E-state index in [4.69, 9.17) is 0 Å². The van der Waals surface area contributed by atoms with Gasteiger partial charge in [0.05, 0.1) is 10.6 Å². The number of hydrogen-bond acceptors (Lipinski definition) is 8. The van der Waals surface area contributed by atoms with Crippen LogP contribution >= 0.6 is 35.3 Å². The van der Waals surface area contributed by atoms with Crippen molar-refractivity contribution < 1.29 is 22.3 Å². The van der Waals surface area contributed by atoms with Gasteiger partial charge in [0.15, 0.2) is 11.4 Å². The SMILES string of the molecule is CC[N+]1=C(SC)S/C(=C2/Sc3ccccc3N2C)C1=O.Cc1ccc(S(=O)(=O)[O-])cc1. The van der Waals surface area contributed by atoms with E-state index in [0.29, 0.717) is 0 Å². The zero-order valence-electron chi connectivity index (χ0n) is 17.5. The van der Waals surface area contributed by atoms with Crippen LogP contribution in [-0.2, 0) is 14.9 Å². The first-order valence-electron chi connectivity index (χ1n) is 9.35. The van der Waals surface area contributed by atoms with E-state index in [1.807, 2.05) is 43.9 Å². The summed E-state index contributed by atoms with van der Waals surface area (Å²) in [4.78, 5) is 16.6. The van der Waals surface area contributed by atoms with Crippen molar-refractivity contribution in [3.05, 3.63) is 64.0 Å². The van der Waals surface area contributed by atoms with Crippen LogP contribution in [0.5, 0.6) is 0 Å². The molecular formula is C21H22N2O4S4. The second-order valence-corrected chi connectivity index (χ2v) is 11.1. The Balaban J connectivity index is 0.000000210. The zero-order chi connectivity index (χ0) is 22.8. The number of benzene rings is 2. The fraction of sp³-hybridized carbons (Fsp3) is 0.238. The van der Waals surface area contributed by atoms with Gasteiger partial charge in [-0.05, 0) is 44.4 Å². The maximum absolute atomic E-state index is 12.6. The molecule has 2 aliphatic rings. The second kappa shape index (κ2) is 9.83. The van der Waals surface area contributed by atoms with Crippen molar-refractivity contribution in [2.75, 3.05) is 24.7 Å². The minimum Gasteiger partial charge on any atom is -0.744 e. The topological polar surface area (TPSA) is 80.5 Å². The van der Waals surface area contributed by atoms with Gasteiger partial charge in [-0.2, -0.15) is 0 Å². The predicted molar refractivity (Wildman–Crippen MR) is 129 cm³/mol. The molecule has 164 valence electrons. The standard InChI is InChI=1S/C14H15N2OS3.C7H8O3S/c1-4-16-12(17)11(20-14(16)18-3)13-15(2)9-7-5-6-8-10(9)19-13;1-6-2-4-7(5-3-6)11(8,9)10/h5-8H,4H2,1-3H3;2-5H,1H3,(H,8,9,10)/q+1;/p-1/b13-11+;. The summed E-state index contributed by atoms with van der Waals surface area (Å²) in [5.74, 6) is 0.129. The van der Waals surface area contributed by atoms with Crippen molar-refractivity contribution in [2.24, 2.45) is 0 Å². The number of fused-ring (bicyclic) bond motifs is 1. The number of thioether (sulfide) groups is 3. The van der Waals surface area contributed by atoms with E-state index in [-0.39, 0.29) is 10.8 Å². The van der Waals surface area contributed by atoms with Gasteiger partial charge >= 0.3 is 5.91 Å². The van der Waals surface area contributed by atoms with Gasteiger partial charge in [-0.25, -0.2) is 13.2 Å². The molecule has 6 nitrogen and oxygen atoms in total. The van der Waals surface area contributed by atoms with Crippen LogP contribution < -0.4 is 4.90 Å². The molecule has 4 rings (SSSR count). The molecule has 0 bridgehead atoms. The third-order valence-corrected chi connectivity index (χ3v) is 9.08. The molecule has 0 saturated carbocycles. The molecule has 0 atom stereocenters. The smallest absolute Gasteiger partial charge is 0.430 e. The zero-order valence-corrected chi connectivity index (χ0v) is 20.8. The lowest BCUT2D eigenvalue weighted by molar-refractivity contribution is -0.433. The largest absolute Gasteiger partial charge is 0.744 e. The maximum Gasteiger partial charge on any atom is 0.430 e. The highest BCUT2D eigenvalue weighted by molar-refractivity contribution is 8.40. The van der Waals surface area contributed by atoms with Crippen molar-refractivity contribution in [1.29, 1.82) is 0 Å². The van der Waals surface area contributed by atoms with Crippen LogP contribution in [0.15, 0.2) is 68.3 Å². The quantitative estimate of drug-likeness (QED) is 0.347. The van der Waals surface area contributed by atoms with Crippen molar-refractivity contribution in [1.82, 2.24) is 0 Å². The molecule has 0 aliphatic carbocycles. The first kappa shape index (κ1) is 23.9. The molecule has 0 unspecified atom stereocenters. The van der Waals surface area contributed by atoms with Crippen LogP contribution in [0.1, 0.15) is 12.5 Å². The minimum absolute atomic E-state index is 0.129. The van der Waals surface area contributed by atoms with E-state index in [1.54, 1.807) is 47.4 Å². The Hall–Kier alpha value is -1.72. The van der Waals surface area contributed by atoms with Crippen molar-refractivity contribution in [2.45, 2.75) is 23.6 Å². The Labute approximate surface area is 195 Å². The van der Waals surface area contributed by atoms with Crippen LogP contribution in [0.25, 0.3) is 0 Å². The summed E-state index contributed by atoms with van der Waals surface area (Å²) in [6, 6.07) is 14.0. The van der Waals surface area contributed by atoms with Gasteiger partial charge in [0.1, 0.15) is 15.1 Å². The van der Waals surface area contributed by atoms with E-state index in [2.05, 4.69) is 17.0 Å². The number of anilines is 1. The Kier molecular flexibility index (Phi) is 7.59. The Morgan fingerprint density at radius 1 is 1.10 bits per heavy atom. The number of carbonyl (C=O) groups excluding carboxylic acids is 1. The molecular weight excluding hydrogens is 473 g/mol. The van der Waals surface area contributed by atoms with Crippen LogP contribution in [0, 0.1) is 6.92 Å². The highest BCUT2D eigenvalue weighted by Gasteiger charge is 2.41. The summed E-state index contributed by atoms with van der Waals surface area (Å²) in [7, 11) is -2.24. The van der Waals surface area contributed by atoms with Gasteiger partial charge in [-0.15, -0.1) is 4.58 Å². The minimum atomic E-state index is -4.27. The number of nitrogens with zero attached hydrogens (tertiary/aromatic N) is 2. The first-order valence-corrected chi connectivity index (χ1v) is 13.6. The molecule has 2 heterocycles. The Bertz CT molecular complexity index is 1170. The monoisotopic (exact) mass is 494 g/mol. The fourth-order valence-electron chi connectivity index (χ4n) is 2.96. The lowest BCUT2D eigenvalue weighted by Gasteiger charge is -2.13. The summed E-state index contributed by atoms with van der Waals surface area (Å²) in [5.41, 5.74) is 2.10. The van der Waals surface area contributed by atoms with Gasteiger partial charge in [-0.1, -0.05) is 53.4 Å². The number of aryl methyl sites for hydroxylation is 1. The molecule has 2 aliphatic heterocycles. The number of amides is 1. The van der Waals surface area contributed by atoms with E-state index < -0.39 is 10.1 Å². The van der Waals surface area contributed by atoms with Crippen LogP contribution in [-0.4, -0.2) is 47.7 Å². The summed E-state index contributed by atoms with van der Waals surface area (Å²) in [6.07, 6.45) is 2.02. The molecule has 0 radical (unpaired) electrons. The molecule has 0 aromatic heterocycles. The molecule has 2 aromatic rings. The average Bonchev–Trinajstić information content (AvgIpc) is 3.24. The van der Waals surface area contributed by atoms with Crippen LogP contribution in [0.3, 0.4) is 0 Å². The lowest BCUT2D eigenvalue weighted by atomic mass is 10.2. The Morgan fingerprint density at radius 3 is 2.26 bits per heavy atom.